The maximum absolute atomic E-state index is 5.72. The van der Waals surface area contributed by atoms with E-state index < -0.39 is 8.80 Å². The zero-order valence-corrected chi connectivity index (χ0v) is 12.6. The van der Waals surface area contributed by atoms with Gasteiger partial charge in [-0.1, -0.05) is 0 Å². The molecule has 0 heterocycles. The average molecular weight is 266 g/mol. The molecular weight excluding hydrogens is 244 g/mol. The molecule has 0 N–H and O–H groups in total. The van der Waals surface area contributed by atoms with E-state index in [0.29, 0.717) is 24.9 Å². The van der Waals surface area contributed by atoms with Gasteiger partial charge in [-0.2, -0.15) is 0 Å². The van der Waals surface area contributed by atoms with Gasteiger partial charge < -0.3 is 18.0 Å². The van der Waals surface area contributed by atoms with Gasteiger partial charge in [-0.15, -0.1) is 0 Å². The molecule has 0 aliphatic carbocycles. The predicted octanol–water partition coefficient (Wildman–Crippen LogP) is 2.40. The number of ether oxygens (including phenoxy) is 1. The standard InChI is InChI=1S/C10H22O4SSi/c1-6-12-16(13-7-2,14-8-3)9(4)10(15)11-5/h9H,6-8H2,1-5H3. The molecule has 4 nitrogen and oxygen atoms in total. The molecule has 0 aromatic carbocycles. The molecule has 0 aromatic rings. The molecule has 0 saturated heterocycles. The summed E-state index contributed by atoms with van der Waals surface area (Å²) in [7, 11) is -1.19. The zero-order valence-electron chi connectivity index (χ0n) is 10.7. The van der Waals surface area contributed by atoms with E-state index in [0.717, 1.165) is 0 Å². The largest absolute Gasteiger partial charge is 0.512 e. The summed E-state index contributed by atoms with van der Waals surface area (Å²) in [5, 5.41) is 0.474. The number of thiocarbonyl (C=S) groups is 1. The normalized spacial score (nSPS) is 13.6. The van der Waals surface area contributed by atoms with Crippen molar-refractivity contribution in [1.29, 1.82) is 0 Å². The van der Waals surface area contributed by atoms with Gasteiger partial charge in [0.15, 0.2) is 5.05 Å². The van der Waals surface area contributed by atoms with Crippen LogP contribution < -0.4 is 0 Å². The van der Waals surface area contributed by atoms with E-state index in [9.17, 15) is 0 Å². The zero-order chi connectivity index (χ0) is 12.6. The summed E-state index contributed by atoms with van der Waals surface area (Å²) in [6, 6.07) is 0. The van der Waals surface area contributed by atoms with Crippen LogP contribution in [0.5, 0.6) is 0 Å². The molecule has 0 radical (unpaired) electrons. The first-order valence-electron chi connectivity index (χ1n) is 5.57. The van der Waals surface area contributed by atoms with Gasteiger partial charge in [0, 0.05) is 19.8 Å². The van der Waals surface area contributed by atoms with Crippen LogP contribution in [-0.4, -0.2) is 40.8 Å². The number of hydrogen-bond acceptors (Lipinski definition) is 5. The predicted molar refractivity (Wildman–Crippen MR) is 69.7 cm³/mol. The van der Waals surface area contributed by atoms with Crippen LogP contribution in [0.2, 0.25) is 5.54 Å². The fourth-order valence-electron chi connectivity index (χ4n) is 1.42. The van der Waals surface area contributed by atoms with Gasteiger partial charge in [0.05, 0.1) is 12.7 Å². The lowest BCUT2D eigenvalue weighted by Crippen LogP contribution is -2.51. The fourth-order valence-corrected chi connectivity index (χ4v) is 4.47. The fraction of sp³-hybridized carbons (Fsp3) is 0.900. The van der Waals surface area contributed by atoms with Crippen molar-refractivity contribution >= 4 is 26.1 Å². The van der Waals surface area contributed by atoms with E-state index in [1.807, 2.05) is 27.7 Å². The molecule has 0 aliphatic heterocycles. The Morgan fingerprint density at radius 2 is 1.44 bits per heavy atom. The van der Waals surface area contributed by atoms with Crippen LogP contribution in [0.4, 0.5) is 0 Å². The highest BCUT2D eigenvalue weighted by Crippen LogP contribution is 2.27. The third-order valence-electron chi connectivity index (χ3n) is 2.12. The quantitative estimate of drug-likeness (QED) is 0.498. The topological polar surface area (TPSA) is 36.9 Å². The Bertz CT molecular complexity index is 196. The van der Waals surface area contributed by atoms with E-state index in [4.69, 9.17) is 30.2 Å². The smallest absolute Gasteiger partial charge is 0.490 e. The highest BCUT2D eigenvalue weighted by molar-refractivity contribution is 7.80. The van der Waals surface area contributed by atoms with Gasteiger partial charge in [-0.3, -0.25) is 0 Å². The Labute approximate surface area is 105 Å². The van der Waals surface area contributed by atoms with Gasteiger partial charge in [0.25, 0.3) is 0 Å². The minimum absolute atomic E-state index is 0.132. The maximum Gasteiger partial charge on any atom is 0.512 e. The molecule has 0 amide bonds. The third kappa shape index (κ3) is 4.10. The first kappa shape index (κ1) is 16.0. The lowest BCUT2D eigenvalue weighted by atomic mass is 10.5. The molecule has 0 fully saturated rings. The molecule has 0 spiro atoms. The number of hydrogen-bond donors (Lipinski definition) is 0. The Morgan fingerprint density at radius 1 is 1.06 bits per heavy atom. The van der Waals surface area contributed by atoms with Gasteiger partial charge >= 0.3 is 8.80 Å². The second-order valence-corrected chi connectivity index (χ2v) is 6.49. The summed E-state index contributed by atoms with van der Waals surface area (Å²) in [6.45, 7) is 9.32. The summed E-state index contributed by atoms with van der Waals surface area (Å²) >= 11 is 5.14. The van der Waals surface area contributed by atoms with Crippen molar-refractivity contribution in [2.45, 2.75) is 33.2 Å². The van der Waals surface area contributed by atoms with E-state index in [1.165, 1.54) is 0 Å². The second-order valence-electron chi connectivity index (χ2n) is 3.15. The molecular formula is C10H22O4SSi. The van der Waals surface area contributed by atoms with Crippen LogP contribution in [0, 0.1) is 0 Å². The van der Waals surface area contributed by atoms with Crippen LogP contribution in [0.25, 0.3) is 0 Å². The molecule has 0 aliphatic rings. The lowest BCUT2D eigenvalue weighted by Gasteiger charge is -2.32. The molecule has 1 unspecified atom stereocenters. The molecule has 1 atom stereocenters. The van der Waals surface area contributed by atoms with Crippen LogP contribution in [0.15, 0.2) is 0 Å². The van der Waals surface area contributed by atoms with E-state index in [2.05, 4.69) is 0 Å². The Kier molecular flexibility index (Phi) is 8.13. The van der Waals surface area contributed by atoms with Gasteiger partial charge in [0.2, 0.25) is 0 Å². The number of rotatable bonds is 8. The van der Waals surface area contributed by atoms with Gasteiger partial charge in [-0.05, 0) is 39.9 Å². The highest BCUT2D eigenvalue weighted by atomic mass is 32.1. The Balaban J connectivity index is 4.89. The van der Waals surface area contributed by atoms with Crippen molar-refractivity contribution in [3.05, 3.63) is 0 Å². The minimum atomic E-state index is -2.75. The molecule has 0 rings (SSSR count). The molecule has 16 heavy (non-hydrogen) atoms. The van der Waals surface area contributed by atoms with Gasteiger partial charge in [-0.25, -0.2) is 0 Å². The molecule has 6 heteroatoms. The lowest BCUT2D eigenvalue weighted by molar-refractivity contribution is 0.0668. The van der Waals surface area contributed by atoms with Crippen molar-refractivity contribution in [3.8, 4) is 0 Å². The van der Waals surface area contributed by atoms with Crippen LogP contribution >= 0.6 is 12.2 Å². The minimum Gasteiger partial charge on any atom is -0.490 e. The van der Waals surface area contributed by atoms with Crippen molar-refractivity contribution in [1.82, 2.24) is 0 Å². The summed E-state index contributed by atoms with van der Waals surface area (Å²) in [5.41, 5.74) is -0.132. The first-order chi connectivity index (χ1) is 7.57. The van der Waals surface area contributed by atoms with Crippen molar-refractivity contribution in [3.63, 3.8) is 0 Å². The highest BCUT2D eigenvalue weighted by Gasteiger charge is 2.49. The van der Waals surface area contributed by atoms with E-state index >= 15 is 0 Å². The van der Waals surface area contributed by atoms with Crippen LogP contribution in [0.1, 0.15) is 27.7 Å². The van der Waals surface area contributed by atoms with Crippen molar-refractivity contribution < 1.29 is 18.0 Å². The number of methoxy groups -OCH3 is 1. The average Bonchev–Trinajstić information content (AvgIpc) is 2.28. The summed E-state index contributed by atoms with van der Waals surface area (Å²) in [4.78, 5) is 0. The van der Waals surface area contributed by atoms with Crippen molar-refractivity contribution in [2.24, 2.45) is 0 Å². The molecule has 0 saturated carbocycles. The molecule has 96 valence electrons. The van der Waals surface area contributed by atoms with Crippen molar-refractivity contribution in [2.75, 3.05) is 26.9 Å². The maximum atomic E-state index is 5.72. The van der Waals surface area contributed by atoms with Gasteiger partial charge in [0.1, 0.15) is 0 Å². The van der Waals surface area contributed by atoms with E-state index in [-0.39, 0.29) is 5.54 Å². The van der Waals surface area contributed by atoms with Crippen LogP contribution in [-0.2, 0) is 18.0 Å². The second kappa shape index (κ2) is 8.13. The summed E-state index contributed by atoms with van der Waals surface area (Å²) in [6.07, 6.45) is 0. The molecule has 0 bridgehead atoms. The SMILES string of the molecule is CCO[Si](OCC)(OCC)C(C)C(=S)OC. The first-order valence-corrected chi connectivity index (χ1v) is 7.78. The monoisotopic (exact) mass is 266 g/mol. The molecule has 0 aromatic heterocycles. The third-order valence-corrected chi connectivity index (χ3v) is 6.25. The summed E-state index contributed by atoms with van der Waals surface area (Å²) in [5.74, 6) is 0. The summed E-state index contributed by atoms with van der Waals surface area (Å²) < 4.78 is 22.2. The van der Waals surface area contributed by atoms with Crippen LogP contribution in [0.3, 0.4) is 0 Å². The Morgan fingerprint density at radius 3 is 1.69 bits per heavy atom. The van der Waals surface area contributed by atoms with E-state index in [1.54, 1.807) is 7.11 Å². The Hall–Kier alpha value is -0.0131.